The Morgan fingerprint density at radius 1 is 1.47 bits per heavy atom. The van der Waals surface area contributed by atoms with Crippen LogP contribution in [0.1, 0.15) is 57.2 Å². The van der Waals surface area contributed by atoms with Crippen molar-refractivity contribution in [3.8, 4) is 6.07 Å². The highest BCUT2D eigenvalue weighted by Crippen LogP contribution is 2.61. The highest BCUT2D eigenvalue weighted by Gasteiger charge is 2.65. The summed E-state index contributed by atoms with van der Waals surface area (Å²) in [4.78, 5) is 30.8. The Morgan fingerprint density at radius 3 is 2.69 bits per heavy atom. The number of aromatic nitrogens is 1. The summed E-state index contributed by atoms with van der Waals surface area (Å²) in [5.41, 5.74) is 6.02. The summed E-state index contributed by atoms with van der Waals surface area (Å²) in [5.74, 6) is -0.737. The van der Waals surface area contributed by atoms with Crippen LogP contribution in [0.25, 0.3) is 10.9 Å². The lowest BCUT2D eigenvalue weighted by Crippen LogP contribution is -2.61. The fourth-order valence-corrected chi connectivity index (χ4v) is 6.29. The molecular formula is C24H27BrFN5O4S. The van der Waals surface area contributed by atoms with Crippen LogP contribution in [0.15, 0.2) is 15.6 Å². The number of rotatable bonds is 5. The summed E-state index contributed by atoms with van der Waals surface area (Å²) in [6.07, 6.45) is 1.06. The molecule has 1 aliphatic carbocycles. The molecule has 0 radical (unpaired) electrons. The number of amides is 2. The van der Waals surface area contributed by atoms with Gasteiger partial charge in [-0.1, -0.05) is 0 Å². The monoisotopic (exact) mass is 579 g/mol. The number of nitriles is 1. The summed E-state index contributed by atoms with van der Waals surface area (Å²) in [6.45, 7) is 5.18. The Labute approximate surface area is 220 Å². The Kier molecular flexibility index (Phi) is 6.77. The van der Waals surface area contributed by atoms with Crippen LogP contribution in [0.3, 0.4) is 0 Å². The predicted molar refractivity (Wildman–Crippen MR) is 137 cm³/mol. The SMILES string of the molecule is CSc1nc2c(F)c(Br)c(CCC#N)cc2c(C2C3CC(NC(=O)OC(C)(C)C)(C3)N2C(=O)O)c1N. The van der Waals surface area contributed by atoms with Gasteiger partial charge in [-0.2, -0.15) is 5.26 Å². The van der Waals surface area contributed by atoms with Gasteiger partial charge in [0, 0.05) is 17.4 Å². The number of hydrogen-bond donors (Lipinski definition) is 3. The van der Waals surface area contributed by atoms with Crippen molar-refractivity contribution in [3.05, 3.63) is 27.5 Å². The van der Waals surface area contributed by atoms with E-state index in [4.69, 9.17) is 15.7 Å². The zero-order valence-electron chi connectivity index (χ0n) is 20.3. The van der Waals surface area contributed by atoms with Crippen molar-refractivity contribution in [2.24, 2.45) is 5.92 Å². The fourth-order valence-electron chi connectivity index (χ4n) is 5.28. The number of benzene rings is 1. The average molecular weight is 580 g/mol. The second-order valence-corrected chi connectivity index (χ2v) is 11.7. The number of carboxylic acid groups (broad SMARTS) is 1. The molecule has 2 aromatic rings. The number of ether oxygens (including phenoxy) is 1. The van der Waals surface area contributed by atoms with Crippen molar-refractivity contribution >= 4 is 56.5 Å². The molecule has 3 heterocycles. The van der Waals surface area contributed by atoms with Gasteiger partial charge >= 0.3 is 12.2 Å². The van der Waals surface area contributed by atoms with Gasteiger partial charge < -0.3 is 15.6 Å². The molecule has 192 valence electrons. The minimum atomic E-state index is -1.23. The number of halogens is 2. The van der Waals surface area contributed by atoms with Crippen molar-refractivity contribution in [1.82, 2.24) is 15.2 Å². The van der Waals surface area contributed by atoms with Gasteiger partial charge in [0.2, 0.25) is 0 Å². The first-order chi connectivity index (χ1) is 16.8. The van der Waals surface area contributed by atoms with E-state index < -0.39 is 35.3 Å². The van der Waals surface area contributed by atoms with Gasteiger partial charge in [-0.05, 0) is 79.8 Å². The number of aryl methyl sites for hydroxylation is 1. The van der Waals surface area contributed by atoms with E-state index >= 15 is 4.39 Å². The van der Waals surface area contributed by atoms with Gasteiger partial charge in [0.25, 0.3) is 0 Å². The van der Waals surface area contributed by atoms with Gasteiger partial charge in [0.05, 0.1) is 22.3 Å². The number of nitrogens with zero attached hydrogens (tertiary/aromatic N) is 3. The molecule has 1 aromatic carbocycles. The van der Waals surface area contributed by atoms with Crippen LogP contribution in [-0.4, -0.2) is 44.7 Å². The van der Waals surface area contributed by atoms with Crippen LogP contribution in [0.5, 0.6) is 0 Å². The van der Waals surface area contributed by atoms with E-state index in [9.17, 15) is 14.7 Å². The van der Waals surface area contributed by atoms with Crippen molar-refractivity contribution in [2.75, 3.05) is 12.0 Å². The molecule has 9 nitrogen and oxygen atoms in total. The summed E-state index contributed by atoms with van der Waals surface area (Å²) < 4.78 is 21.1. The van der Waals surface area contributed by atoms with Gasteiger partial charge in [-0.3, -0.25) is 10.2 Å². The number of hydrogen-bond acceptors (Lipinski definition) is 7. The van der Waals surface area contributed by atoms with E-state index in [0.717, 1.165) is 0 Å². The number of alkyl carbamates (subject to hydrolysis) is 1. The van der Waals surface area contributed by atoms with E-state index in [-0.39, 0.29) is 28.0 Å². The van der Waals surface area contributed by atoms with Gasteiger partial charge in [0.15, 0.2) is 5.82 Å². The number of nitrogens with one attached hydrogen (secondary N) is 1. The molecule has 36 heavy (non-hydrogen) atoms. The lowest BCUT2D eigenvalue weighted by Gasteiger charge is -2.41. The topological polar surface area (TPSA) is 142 Å². The number of anilines is 1. The number of nitrogens with two attached hydrogens (primary N) is 1. The van der Waals surface area contributed by atoms with Gasteiger partial charge in [0.1, 0.15) is 21.8 Å². The Hall–Kier alpha value is -2.78. The molecule has 12 heteroatoms. The summed E-state index contributed by atoms with van der Waals surface area (Å²) in [5, 5.41) is 22.9. The zero-order chi connectivity index (χ0) is 26.6. The van der Waals surface area contributed by atoms with Gasteiger partial charge in [-0.15, -0.1) is 11.8 Å². The molecule has 3 fully saturated rings. The summed E-state index contributed by atoms with van der Waals surface area (Å²) >= 11 is 4.53. The van der Waals surface area contributed by atoms with Crippen LogP contribution in [0, 0.1) is 23.1 Å². The van der Waals surface area contributed by atoms with E-state index in [1.165, 1.54) is 16.7 Å². The van der Waals surface area contributed by atoms with E-state index in [1.54, 1.807) is 33.1 Å². The van der Waals surface area contributed by atoms with Crippen molar-refractivity contribution in [1.29, 1.82) is 5.26 Å². The van der Waals surface area contributed by atoms with E-state index in [2.05, 4.69) is 32.3 Å². The maximum Gasteiger partial charge on any atom is 0.409 e. The molecule has 1 atom stereocenters. The van der Waals surface area contributed by atoms with Crippen molar-refractivity contribution < 1.29 is 23.8 Å². The van der Waals surface area contributed by atoms with Crippen LogP contribution in [-0.2, 0) is 11.2 Å². The number of fused-ring (bicyclic) bond motifs is 2. The number of carbonyl (C=O) groups is 2. The smallest absolute Gasteiger partial charge is 0.409 e. The van der Waals surface area contributed by atoms with Crippen LogP contribution >= 0.6 is 27.7 Å². The predicted octanol–water partition coefficient (Wildman–Crippen LogP) is 5.56. The fraction of sp³-hybridized carbons (Fsp3) is 0.500. The van der Waals surface area contributed by atoms with Crippen LogP contribution < -0.4 is 11.1 Å². The lowest BCUT2D eigenvalue weighted by atomic mass is 9.75. The molecular weight excluding hydrogens is 553 g/mol. The number of nitrogen functional groups attached to an aromatic ring is 1. The number of thioether (sulfide) groups is 1. The first kappa shape index (κ1) is 26.3. The van der Waals surface area contributed by atoms with Crippen LogP contribution in [0.2, 0.25) is 0 Å². The minimum absolute atomic E-state index is 0.0692. The van der Waals surface area contributed by atoms with Crippen LogP contribution in [0.4, 0.5) is 19.7 Å². The van der Waals surface area contributed by atoms with E-state index in [0.29, 0.717) is 40.8 Å². The second-order valence-electron chi connectivity index (χ2n) is 10.1. The molecule has 2 saturated heterocycles. The Balaban J connectivity index is 1.87. The third-order valence-corrected chi connectivity index (χ3v) is 8.16. The standard InChI is InChI=1S/C24H27BrFN5O4S/c1-23(2,3)35-21(32)30-24-9-12(10-24)19(31(24)22(33)34)14-13-8-11(6-5-7-27)15(25)16(26)18(13)29-20(36-4)17(14)28/h8,12,19H,5-6,9-10,28H2,1-4H3,(H,30,32)(H,33,34). The quantitative estimate of drug-likeness (QED) is 0.390. The van der Waals surface area contributed by atoms with Crippen molar-refractivity contribution in [3.63, 3.8) is 0 Å². The normalized spacial score (nSPS) is 22.8. The Bertz CT molecular complexity index is 1300. The third kappa shape index (κ3) is 4.32. The average Bonchev–Trinajstić information content (AvgIpc) is 3.23. The van der Waals surface area contributed by atoms with Gasteiger partial charge in [-0.25, -0.2) is 19.0 Å². The number of pyridine rings is 1. The summed E-state index contributed by atoms with van der Waals surface area (Å²) in [6, 6.07) is 3.06. The molecule has 0 spiro atoms. The molecule has 2 bridgehead atoms. The summed E-state index contributed by atoms with van der Waals surface area (Å²) in [7, 11) is 0. The minimum Gasteiger partial charge on any atom is -0.465 e. The highest BCUT2D eigenvalue weighted by atomic mass is 79.9. The first-order valence-electron chi connectivity index (χ1n) is 11.4. The molecule has 2 aliphatic heterocycles. The molecule has 1 unspecified atom stereocenters. The molecule has 2 amide bonds. The Morgan fingerprint density at radius 2 is 2.14 bits per heavy atom. The zero-order valence-corrected chi connectivity index (χ0v) is 22.7. The van der Waals surface area contributed by atoms with Crippen molar-refractivity contribution in [2.45, 2.75) is 68.8 Å². The molecule has 5 rings (SSSR count). The maximum atomic E-state index is 15.5. The number of carbonyl (C=O) groups excluding carboxylic acids is 1. The molecule has 1 aromatic heterocycles. The first-order valence-corrected chi connectivity index (χ1v) is 13.4. The molecule has 4 N–H and O–H groups in total. The second kappa shape index (κ2) is 9.27. The third-order valence-electron chi connectivity index (χ3n) is 6.60. The highest BCUT2D eigenvalue weighted by molar-refractivity contribution is 9.10. The lowest BCUT2D eigenvalue weighted by molar-refractivity contribution is 0.0178. The largest absolute Gasteiger partial charge is 0.465 e. The maximum absolute atomic E-state index is 15.5. The molecule has 3 aliphatic rings. The van der Waals surface area contributed by atoms with E-state index in [1.807, 2.05) is 0 Å². The molecule has 1 saturated carbocycles.